The summed E-state index contributed by atoms with van der Waals surface area (Å²) in [7, 11) is 0. The third-order valence-corrected chi connectivity index (χ3v) is 10.1. The molecule has 2 saturated heterocycles. The first-order valence-corrected chi connectivity index (χ1v) is 15.1. The summed E-state index contributed by atoms with van der Waals surface area (Å²) >= 11 is 16.0. The number of carbonyl (C=O) groups is 1. The quantitative estimate of drug-likeness (QED) is 0.225. The molecule has 3 atom stereocenters. The van der Waals surface area contributed by atoms with Crippen molar-refractivity contribution in [2.75, 3.05) is 4.90 Å². The zero-order valence-corrected chi connectivity index (χ0v) is 23.2. The fourth-order valence-electron chi connectivity index (χ4n) is 5.60. The molecule has 11 heteroatoms. The standard InChI is InChI=1S/C27H23Cl2N3O4S2/c28-19-2-1-3-20(29)23(19)24-18(25(36-31-24)13-4-5-13)10-35-17-8-15-7-16(9-17)32(15)27-30-21(12-38-27)22-6-14(11-37-22)26(33)34/h1-3,6,11-13,15-17H,4-5,7-10H2,(H,33,34)/t15-,16+,17?. The van der Waals surface area contributed by atoms with Gasteiger partial charge in [-0.05, 0) is 50.3 Å². The number of aromatic nitrogens is 2. The maximum Gasteiger partial charge on any atom is 0.336 e. The Hall–Kier alpha value is -2.43. The number of aromatic carboxylic acids is 1. The number of nitrogens with zero attached hydrogens (tertiary/aromatic N) is 3. The Morgan fingerprint density at radius 2 is 1.89 bits per heavy atom. The van der Waals surface area contributed by atoms with E-state index in [1.54, 1.807) is 22.8 Å². The van der Waals surface area contributed by atoms with Gasteiger partial charge in [-0.2, -0.15) is 0 Å². The molecule has 38 heavy (non-hydrogen) atoms. The molecular formula is C27H23Cl2N3O4S2. The molecule has 2 aliphatic heterocycles. The number of hydrogen-bond donors (Lipinski definition) is 1. The Morgan fingerprint density at radius 1 is 1.13 bits per heavy atom. The zero-order chi connectivity index (χ0) is 26.0. The molecule has 0 spiro atoms. The van der Waals surface area contributed by atoms with Crippen molar-refractivity contribution in [3.63, 3.8) is 0 Å². The number of carboxylic acid groups (broad SMARTS) is 1. The molecule has 5 heterocycles. The fraction of sp³-hybridized carbons (Fsp3) is 0.370. The molecule has 4 fully saturated rings. The minimum absolute atomic E-state index is 0.140. The van der Waals surface area contributed by atoms with Gasteiger partial charge in [0.25, 0.3) is 0 Å². The second-order valence-corrected chi connectivity index (χ2v) is 12.7. The van der Waals surface area contributed by atoms with Gasteiger partial charge in [0.15, 0.2) is 5.13 Å². The van der Waals surface area contributed by atoms with Crippen molar-refractivity contribution in [2.45, 2.75) is 62.8 Å². The first-order valence-electron chi connectivity index (χ1n) is 12.6. The lowest BCUT2D eigenvalue weighted by Crippen LogP contribution is -2.62. The number of fused-ring (bicyclic) bond motifs is 2. The van der Waals surface area contributed by atoms with E-state index < -0.39 is 5.97 Å². The minimum Gasteiger partial charge on any atom is -0.478 e. The van der Waals surface area contributed by atoms with Gasteiger partial charge in [0, 0.05) is 39.9 Å². The van der Waals surface area contributed by atoms with Gasteiger partial charge < -0.3 is 19.3 Å². The predicted octanol–water partition coefficient (Wildman–Crippen LogP) is 7.74. The number of thiophene rings is 1. The van der Waals surface area contributed by atoms with Gasteiger partial charge in [-0.25, -0.2) is 9.78 Å². The van der Waals surface area contributed by atoms with Crippen LogP contribution in [0.5, 0.6) is 0 Å². The number of thiazole rings is 1. The largest absolute Gasteiger partial charge is 0.478 e. The molecule has 7 nitrogen and oxygen atoms in total. The normalized spacial score (nSPS) is 22.5. The number of rotatable bonds is 8. The van der Waals surface area contributed by atoms with Crippen molar-refractivity contribution in [3.05, 3.63) is 62.0 Å². The van der Waals surface area contributed by atoms with Crippen molar-refractivity contribution in [3.8, 4) is 21.8 Å². The van der Waals surface area contributed by atoms with Gasteiger partial charge in [0.1, 0.15) is 11.5 Å². The summed E-state index contributed by atoms with van der Waals surface area (Å²) in [4.78, 5) is 19.4. The van der Waals surface area contributed by atoms with E-state index in [1.165, 1.54) is 11.3 Å². The van der Waals surface area contributed by atoms with E-state index in [-0.39, 0.29) is 6.10 Å². The number of hydrogen-bond acceptors (Lipinski definition) is 8. The topological polar surface area (TPSA) is 88.7 Å². The molecule has 1 N–H and O–H groups in total. The molecule has 0 radical (unpaired) electrons. The van der Waals surface area contributed by atoms with Crippen molar-refractivity contribution in [1.29, 1.82) is 0 Å². The highest BCUT2D eigenvalue weighted by Gasteiger charge is 2.47. The summed E-state index contributed by atoms with van der Waals surface area (Å²) in [6, 6.07) is 7.92. The van der Waals surface area contributed by atoms with Crippen molar-refractivity contribution in [1.82, 2.24) is 10.1 Å². The van der Waals surface area contributed by atoms with Crippen LogP contribution in [0.3, 0.4) is 0 Å². The van der Waals surface area contributed by atoms with Crippen LogP contribution in [0.1, 0.15) is 59.7 Å². The van der Waals surface area contributed by atoms with Crippen LogP contribution in [-0.4, -0.2) is 39.4 Å². The van der Waals surface area contributed by atoms with E-state index in [0.29, 0.717) is 51.5 Å². The third-order valence-electron chi connectivity index (χ3n) is 7.64. The predicted molar refractivity (Wildman–Crippen MR) is 149 cm³/mol. The number of benzene rings is 1. The number of halogens is 2. The third kappa shape index (κ3) is 4.34. The molecule has 2 aliphatic carbocycles. The average Bonchev–Trinajstić information content (AvgIpc) is 3.27. The smallest absolute Gasteiger partial charge is 0.336 e. The Balaban J connectivity index is 1.04. The molecule has 1 aromatic carbocycles. The summed E-state index contributed by atoms with van der Waals surface area (Å²) in [5, 5.41) is 19.4. The Labute approximate surface area is 237 Å². The van der Waals surface area contributed by atoms with Crippen LogP contribution in [0, 0.1) is 0 Å². The fourth-order valence-corrected chi connectivity index (χ4v) is 8.06. The highest BCUT2D eigenvalue weighted by molar-refractivity contribution is 7.16. The number of piperidine rings is 1. The van der Waals surface area contributed by atoms with Gasteiger partial charge in [-0.15, -0.1) is 22.7 Å². The molecule has 2 saturated carbocycles. The van der Waals surface area contributed by atoms with Gasteiger partial charge in [-0.1, -0.05) is 34.4 Å². The molecule has 196 valence electrons. The highest BCUT2D eigenvalue weighted by Crippen LogP contribution is 2.48. The van der Waals surface area contributed by atoms with E-state index in [9.17, 15) is 9.90 Å². The molecule has 4 aromatic rings. The van der Waals surface area contributed by atoms with E-state index in [4.69, 9.17) is 37.4 Å². The molecule has 2 bridgehead atoms. The van der Waals surface area contributed by atoms with E-state index in [2.05, 4.69) is 10.1 Å². The van der Waals surface area contributed by atoms with Gasteiger partial charge >= 0.3 is 5.97 Å². The lowest BCUT2D eigenvalue weighted by molar-refractivity contribution is -0.0169. The summed E-state index contributed by atoms with van der Waals surface area (Å²) in [6.45, 7) is 0.419. The van der Waals surface area contributed by atoms with E-state index in [1.807, 2.05) is 23.6 Å². The summed E-state index contributed by atoms with van der Waals surface area (Å²) in [5.41, 5.74) is 3.48. The molecule has 4 aliphatic rings. The Kier molecular flexibility index (Phi) is 6.24. The van der Waals surface area contributed by atoms with Crippen LogP contribution in [0.2, 0.25) is 10.0 Å². The number of anilines is 1. The molecular weight excluding hydrogens is 565 g/mol. The van der Waals surface area contributed by atoms with Crippen LogP contribution in [0.15, 0.2) is 39.5 Å². The second kappa shape index (κ2) is 9.64. The van der Waals surface area contributed by atoms with Crippen molar-refractivity contribution < 1.29 is 19.2 Å². The van der Waals surface area contributed by atoms with Crippen LogP contribution in [0.4, 0.5) is 5.13 Å². The first kappa shape index (κ1) is 24.6. The van der Waals surface area contributed by atoms with Gasteiger partial charge in [0.2, 0.25) is 0 Å². The van der Waals surface area contributed by atoms with Crippen molar-refractivity contribution in [2.24, 2.45) is 0 Å². The lowest BCUT2D eigenvalue weighted by atomic mass is 9.78. The van der Waals surface area contributed by atoms with Gasteiger partial charge in [0.05, 0.1) is 38.9 Å². The maximum atomic E-state index is 11.2. The van der Waals surface area contributed by atoms with Gasteiger partial charge in [-0.3, -0.25) is 0 Å². The SMILES string of the molecule is O=C(O)c1csc(-c2csc(N3[C@@H]4CC(OCc5c(-c6c(Cl)cccc6Cl)noc5C5CC5)C[C@H]3C4)n2)c1. The maximum absolute atomic E-state index is 11.2. The molecule has 0 amide bonds. The van der Waals surface area contributed by atoms with E-state index in [0.717, 1.165) is 59.1 Å². The minimum atomic E-state index is -0.913. The van der Waals surface area contributed by atoms with Crippen LogP contribution in [-0.2, 0) is 11.3 Å². The highest BCUT2D eigenvalue weighted by atomic mass is 35.5. The summed E-state index contributed by atoms with van der Waals surface area (Å²) < 4.78 is 12.3. The molecule has 1 unspecified atom stereocenters. The second-order valence-electron chi connectivity index (χ2n) is 10.1. The summed E-state index contributed by atoms with van der Waals surface area (Å²) in [5.74, 6) is 0.373. The van der Waals surface area contributed by atoms with Crippen LogP contribution in [0.25, 0.3) is 21.8 Å². The summed E-state index contributed by atoms with van der Waals surface area (Å²) in [6.07, 6.45) is 5.33. The molecule has 8 rings (SSSR count). The lowest BCUT2D eigenvalue weighted by Gasteiger charge is -2.55. The van der Waals surface area contributed by atoms with Crippen LogP contribution < -0.4 is 4.90 Å². The number of ether oxygens (including phenoxy) is 1. The van der Waals surface area contributed by atoms with Crippen LogP contribution >= 0.6 is 45.9 Å². The average molecular weight is 589 g/mol. The zero-order valence-electron chi connectivity index (χ0n) is 20.1. The molecule has 3 aromatic heterocycles. The monoisotopic (exact) mass is 587 g/mol. The first-order chi connectivity index (χ1) is 18.5. The Bertz CT molecular complexity index is 1500. The van der Waals surface area contributed by atoms with E-state index >= 15 is 0 Å². The number of carboxylic acids is 1. The Morgan fingerprint density at radius 3 is 2.58 bits per heavy atom. The van der Waals surface area contributed by atoms with Crippen molar-refractivity contribution >= 4 is 57.0 Å².